The van der Waals surface area contributed by atoms with Crippen LogP contribution in [0, 0.1) is 13.8 Å². The smallest absolute Gasteiger partial charge is 0.319 e. The minimum Gasteiger partial charge on any atom is -0.497 e. The number of hydrogen-bond donors (Lipinski definition) is 2. The van der Waals surface area contributed by atoms with E-state index in [0.29, 0.717) is 30.2 Å². The Bertz CT molecular complexity index is 855. The zero-order valence-corrected chi connectivity index (χ0v) is 16.5. The molecule has 1 saturated heterocycles. The van der Waals surface area contributed by atoms with Crippen molar-refractivity contribution in [3.63, 3.8) is 0 Å². The van der Waals surface area contributed by atoms with E-state index in [2.05, 4.69) is 16.7 Å². The van der Waals surface area contributed by atoms with Crippen LogP contribution in [0.3, 0.4) is 0 Å². The molecule has 0 spiro atoms. The Hall–Kier alpha value is -3.22. The predicted octanol–water partition coefficient (Wildman–Crippen LogP) is 3.25. The Morgan fingerprint density at radius 1 is 1.00 bits per heavy atom. The number of urea groups is 1. The number of carbonyl (C=O) groups excluding carboxylic acids is 2. The Morgan fingerprint density at radius 2 is 1.61 bits per heavy atom. The van der Waals surface area contributed by atoms with Gasteiger partial charge in [0.15, 0.2) is 0 Å². The molecular weight excluding hydrogens is 358 g/mol. The van der Waals surface area contributed by atoms with Crippen LogP contribution in [0.4, 0.5) is 16.2 Å². The summed E-state index contributed by atoms with van der Waals surface area (Å²) in [5.74, 6) is 1.02. The van der Waals surface area contributed by atoms with Crippen molar-refractivity contribution >= 4 is 23.3 Å². The number of methoxy groups -OCH3 is 2. The highest BCUT2D eigenvalue weighted by atomic mass is 16.5. The minimum atomic E-state index is -0.562. The van der Waals surface area contributed by atoms with Crippen molar-refractivity contribution in [1.29, 1.82) is 0 Å². The monoisotopic (exact) mass is 383 g/mol. The van der Waals surface area contributed by atoms with Gasteiger partial charge in [0.05, 0.1) is 14.2 Å². The molecule has 148 valence electrons. The maximum atomic E-state index is 12.8. The van der Waals surface area contributed by atoms with Gasteiger partial charge < -0.3 is 25.0 Å². The number of rotatable bonds is 5. The van der Waals surface area contributed by atoms with Gasteiger partial charge in [0, 0.05) is 36.1 Å². The summed E-state index contributed by atoms with van der Waals surface area (Å²) in [6.07, 6.45) is 0.556. The van der Waals surface area contributed by atoms with Crippen molar-refractivity contribution in [2.45, 2.75) is 26.3 Å². The molecule has 3 amide bonds. The standard InChI is InChI=1S/C21H25N3O4/c1-13-7-14(2)9-16(8-13)24-6-5-19(20(24)25)23-21(26)22-15-10-17(27-3)12-18(11-15)28-4/h7-12,19H,5-6H2,1-4H3,(H2,22,23,26)/t19-/m1/s1. The van der Waals surface area contributed by atoms with E-state index in [0.717, 1.165) is 16.8 Å². The van der Waals surface area contributed by atoms with E-state index in [-0.39, 0.29) is 5.91 Å². The largest absolute Gasteiger partial charge is 0.497 e. The molecule has 0 saturated carbocycles. The fourth-order valence-corrected chi connectivity index (χ4v) is 3.38. The second-order valence-corrected chi connectivity index (χ2v) is 6.88. The van der Waals surface area contributed by atoms with Crippen LogP contribution in [-0.4, -0.2) is 38.7 Å². The zero-order chi connectivity index (χ0) is 20.3. The molecule has 2 N–H and O–H groups in total. The van der Waals surface area contributed by atoms with E-state index in [9.17, 15) is 9.59 Å². The summed E-state index contributed by atoms with van der Waals surface area (Å²) in [7, 11) is 3.08. The number of carbonyl (C=O) groups is 2. The predicted molar refractivity (Wildman–Crippen MR) is 108 cm³/mol. The van der Waals surface area contributed by atoms with Crippen LogP contribution >= 0.6 is 0 Å². The topological polar surface area (TPSA) is 79.9 Å². The second kappa shape index (κ2) is 8.21. The molecule has 1 fully saturated rings. The quantitative estimate of drug-likeness (QED) is 0.831. The van der Waals surface area contributed by atoms with Crippen molar-refractivity contribution in [3.05, 3.63) is 47.5 Å². The SMILES string of the molecule is COc1cc(NC(=O)N[C@@H]2CCN(c3cc(C)cc(C)c3)C2=O)cc(OC)c1. The number of benzene rings is 2. The van der Waals surface area contributed by atoms with Crippen LogP contribution in [0.2, 0.25) is 0 Å². The first-order valence-electron chi connectivity index (χ1n) is 9.10. The summed E-state index contributed by atoms with van der Waals surface area (Å²) in [5.41, 5.74) is 3.59. The van der Waals surface area contributed by atoms with Crippen LogP contribution in [0.15, 0.2) is 36.4 Å². The lowest BCUT2D eigenvalue weighted by Gasteiger charge is -2.19. The Morgan fingerprint density at radius 3 is 2.18 bits per heavy atom. The normalized spacial score (nSPS) is 16.1. The molecule has 7 heteroatoms. The van der Waals surface area contributed by atoms with Gasteiger partial charge in [-0.15, -0.1) is 0 Å². The highest BCUT2D eigenvalue weighted by molar-refractivity contribution is 6.02. The lowest BCUT2D eigenvalue weighted by atomic mass is 10.1. The lowest BCUT2D eigenvalue weighted by Crippen LogP contribution is -2.43. The van der Waals surface area contributed by atoms with Crippen molar-refractivity contribution in [1.82, 2.24) is 5.32 Å². The molecular formula is C21H25N3O4. The number of hydrogen-bond acceptors (Lipinski definition) is 4. The van der Waals surface area contributed by atoms with Crippen LogP contribution in [0.5, 0.6) is 11.5 Å². The van der Waals surface area contributed by atoms with E-state index in [4.69, 9.17) is 9.47 Å². The molecule has 1 aliphatic heterocycles. The van der Waals surface area contributed by atoms with E-state index in [1.165, 1.54) is 14.2 Å². The highest BCUT2D eigenvalue weighted by Crippen LogP contribution is 2.26. The van der Waals surface area contributed by atoms with Gasteiger partial charge in [-0.25, -0.2) is 4.79 Å². The zero-order valence-electron chi connectivity index (χ0n) is 16.5. The van der Waals surface area contributed by atoms with Gasteiger partial charge in [-0.2, -0.15) is 0 Å². The second-order valence-electron chi connectivity index (χ2n) is 6.88. The number of nitrogens with one attached hydrogen (secondary N) is 2. The van der Waals surface area contributed by atoms with Crippen molar-refractivity contribution in [3.8, 4) is 11.5 Å². The van der Waals surface area contributed by atoms with E-state index >= 15 is 0 Å². The van der Waals surface area contributed by atoms with Gasteiger partial charge in [-0.3, -0.25) is 4.79 Å². The molecule has 1 aliphatic rings. The van der Waals surface area contributed by atoms with Crippen molar-refractivity contribution < 1.29 is 19.1 Å². The summed E-state index contributed by atoms with van der Waals surface area (Å²) in [6, 6.07) is 10.1. The number of aryl methyl sites for hydroxylation is 2. The molecule has 2 aromatic carbocycles. The lowest BCUT2D eigenvalue weighted by molar-refractivity contribution is -0.118. The number of anilines is 2. The molecule has 0 radical (unpaired) electrons. The fourth-order valence-electron chi connectivity index (χ4n) is 3.38. The minimum absolute atomic E-state index is 0.108. The van der Waals surface area contributed by atoms with Gasteiger partial charge in [0.1, 0.15) is 17.5 Å². The molecule has 0 aliphatic carbocycles. The van der Waals surface area contributed by atoms with Gasteiger partial charge in [0.25, 0.3) is 0 Å². The third-order valence-electron chi connectivity index (χ3n) is 4.64. The molecule has 1 heterocycles. The summed E-state index contributed by atoms with van der Waals surface area (Å²) in [5, 5.41) is 5.49. The average Bonchev–Trinajstić information content (AvgIpc) is 3.00. The first-order valence-corrected chi connectivity index (χ1v) is 9.10. The summed E-state index contributed by atoms with van der Waals surface area (Å²) >= 11 is 0. The molecule has 28 heavy (non-hydrogen) atoms. The number of amides is 3. The van der Waals surface area contributed by atoms with Crippen LogP contribution in [0.25, 0.3) is 0 Å². The van der Waals surface area contributed by atoms with Crippen LogP contribution in [-0.2, 0) is 4.79 Å². The molecule has 0 bridgehead atoms. The van der Waals surface area contributed by atoms with Gasteiger partial charge >= 0.3 is 6.03 Å². The van der Waals surface area contributed by atoms with Gasteiger partial charge in [-0.1, -0.05) is 6.07 Å². The fraction of sp³-hybridized carbons (Fsp3) is 0.333. The van der Waals surface area contributed by atoms with Gasteiger partial charge in [-0.05, 0) is 43.5 Å². The molecule has 7 nitrogen and oxygen atoms in total. The third-order valence-corrected chi connectivity index (χ3v) is 4.64. The average molecular weight is 383 g/mol. The maximum Gasteiger partial charge on any atom is 0.319 e. The first-order chi connectivity index (χ1) is 13.4. The molecule has 3 rings (SSSR count). The van der Waals surface area contributed by atoms with E-state index < -0.39 is 12.1 Å². The molecule has 2 aromatic rings. The number of ether oxygens (including phenoxy) is 2. The van der Waals surface area contributed by atoms with E-state index in [1.807, 2.05) is 26.0 Å². The Labute approximate surface area is 164 Å². The van der Waals surface area contributed by atoms with Crippen molar-refractivity contribution in [2.75, 3.05) is 31.0 Å². The summed E-state index contributed by atoms with van der Waals surface area (Å²) in [4.78, 5) is 26.9. The Balaban J connectivity index is 1.66. The van der Waals surface area contributed by atoms with Gasteiger partial charge in [0.2, 0.25) is 5.91 Å². The first kappa shape index (κ1) is 19.5. The Kier molecular flexibility index (Phi) is 5.73. The van der Waals surface area contributed by atoms with Crippen LogP contribution in [0.1, 0.15) is 17.5 Å². The van der Waals surface area contributed by atoms with E-state index in [1.54, 1.807) is 23.1 Å². The molecule has 0 aromatic heterocycles. The molecule has 1 atom stereocenters. The van der Waals surface area contributed by atoms with Crippen molar-refractivity contribution in [2.24, 2.45) is 0 Å². The number of nitrogens with zero attached hydrogens (tertiary/aromatic N) is 1. The maximum absolute atomic E-state index is 12.8. The highest BCUT2D eigenvalue weighted by Gasteiger charge is 2.33. The summed E-state index contributed by atoms with van der Waals surface area (Å²) in [6.45, 7) is 4.57. The third kappa shape index (κ3) is 4.36. The summed E-state index contributed by atoms with van der Waals surface area (Å²) < 4.78 is 10.4. The molecule has 0 unspecified atom stereocenters. The van der Waals surface area contributed by atoms with Crippen LogP contribution < -0.4 is 25.0 Å².